The van der Waals surface area contributed by atoms with E-state index in [-0.39, 0.29) is 0 Å². The van der Waals surface area contributed by atoms with Crippen LogP contribution in [0.15, 0.2) is 0 Å². The third kappa shape index (κ3) is 5.05. The topological polar surface area (TPSA) is 18.5 Å². The summed E-state index contributed by atoms with van der Waals surface area (Å²) in [4.78, 5) is 5.20. The van der Waals surface area contributed by atoms with Gasteiger partial charge in [0.2, 0.25) is 0 Å². The van der Waals surface area contributed by atoms with E-state index in [2.05, 4.69) is 49.9 Å². The predicted octanol–water partition coefficient (Wildman–Crippen LogP) is 2.57. The van der Waals surface area contributed by atoms with Gasteiger partial charge in [-0.2, -0.15) is 0 Å². The van der Waals surface area contributed by atoms with Crippen LogP contribution in [0.25, 0.3) is 0 Å². The van der Waals surface area contributed by atoms with Gasteiger partial charge < -0.3 is 10.2 Å². The zero-order valence-corrected chi connectivity index (χ0v) is 13.8. The van der Waals surface area contributed by atoms with Crippen molar-refractivity contribution in [2.75, 3.05) is 33.2 Å². The van der Waals surface area contributed by atoms with E-state index in [0.29, 0.717) is 12.1 Å². The Morgan fingerprint density at radius 1 is 1.21 bits per heavy atom. The van der Waals surface area contributed by atoms with Crippen molar-refractivity contribution < 1.29 is 0 Å². The Morgan fingerprint density at radius 3 is 2.32 bits per heavy atom. The number of likely N-dealkylation sites (N-methyl/N-ethyl adjacent to an activating group) is 1. The van der Waals surface area contributed by atoms with Gasteiger partial charge in [0.15, 0.2) is 0 Å². The van der Waals surface area contributed by atoms with Crippen molar-refractivity contribution >= 4 is 0 Å². The molecule has 1 fully saturated rings. The highest BCUT2D eigenvalue weighted by Gasteiger charge is 2.27. The van der Waals surface area contributed by atoms with Gasteiger partial charge in [-0.1, -0.05) is 20.8 Å². The fraction of sp³-hybridized carbons (Fsp3) is 1.00. The second-order valence-electron chi connectivity index (χ2n) is 6.04. The standard InChI is InChI=1S/C16H35N3/c1-6-11-17-16(7-2)14(4)18(5)15-9-12-19(8-3)13-10-15/h14-17H,6-13H2,1-5H3. The van der Waals surface area contributed by atoms with Crippen LogP contribution in [0.3, 0.4) is 0 Å². The van der Waals surface area contributed by atoms with Crippen LogP contribution in [-0.2, 0) is 0 Å². The number of rotatable bonds is 8. The number of nitrogens with one attached hydrogen (secondary N) is 1. The lowest BCUT2D eigenvalue weighted by molar-refractivity contribution is 0.0876. The highest BCUT2D eigenvalue weighted by molar-refractivity contribution is 4.85. The van der Waals surface area contributed by atoms with Crippen LogP contribution in [0.2, 0.25) is 0 Å². The molecule has 0 aromatic heterocycles. The van der Waals surface area contributed by atoms with E-state index in [4.69, 9.17) is 0 Å². The van der Waals surface area contributed by atoms with Crippen LogP contribution in [0.4, 0.5) is 0 Å². The van der Waals surface area contributed by atoms with Crippen molar-refractivity contribution in [3.8, 4) is 0 Å². The van der Waals surface area contributed by atoms with Gasteiger partial charge in [0.05, 0.1) is 0 Å². The third-order valence-electron chi connectivity index (χ3n) is 4.90. The Kier molecular flexibility index (Phi) is 7.96. The van der Waals surface area contributed by atoms with Crippen LogP contribution in [-0.4, -0.2) is 61.2 Å². The number of likely N-dealkylation sites (tertiary alicyclic amines) is 1. The first kappa shape index (κ1) is 16.9. The minimum Gasteiger partial charge on any atom is -0.312 e. The fourth-order valence-corrected chi connectivity index (χ4v) is 3.24. The van der Waals surface area contributed by atoms with E-state index in [1.165, 1.54) is 45.3 Å². The van der Waals surface area contributed by atoms with Gasteiger partial charge in [0, 0.05) is 18.1 Å². The molecule has 3 heteroatoms. The summed E-state index contributed by atoms with van der Waals surface area (Å²) in [5, 5.41) is 3.71. The van der Waals surface area contributed by atoms with Crippen molar-refractivity contribution in [3.63, 3.8) is 0 Å². The zero-order valence-electron chi connectivity index (χ0n) is 13.8. The van der Waals surface area contributed by atoms with E-state index in [9.17, 15) is 0 Å². The van der Waals surface area contributed by atoms with E-state index in [1.807, 2.05) is 0 Å². The van der Waals surface area contributed by atoms with Gasteiger partial charge in [-0.3, -0.25) is 4.90 Å². The molecule has 1 N–H and O–H groups in total. The molecule has 1 heterocycles. The van der Waals surface area contributed by atoms with Gasteiger partial charge in [-0.25, -0.2) is 0 Å². The summed E-state index contributed by atoms with van der Waals surface area (Å²) < 4.78 is 0. The molecule has 0 radical (unpaired) electrons. The smallest absolute Gasteiger partial charge is 0.0220 e. The molecular weight excluding hydrogens is 234 g/mol. The van der Waals surface area contributed by atoms with Crippen molar-refractivity contribution in [2.24, 2.45) is 0 Å². The minimum absolute atomic E-state index is 0.633. The highest BCUT2D eigenvalue weighted by Crippen LogP contribution is 2.19. The molecular formula is C16H35N3. The third-order valence-corrected chi connectivity index (χ3v) is 4.90. The number of hydrogen-bond donors (Lipinski definition) is 1. The fourth-order valence-electron chi connectivity index (χ4n) is 3.24. The Labute approximate surface area is 120 Å². The summed E-state index contributed by atoms with van der Waals surface area (Å²) in [6.45, 7) is 14.1. The van der Waals surface area contributed by atoms with E-state index < -0.39 is 0 Å². The minimum atomic E-state index is 0.633. The maximum atomic E-state index is 3.71. The van der Waals surface area contributed by atoms with Crippen LogP contribution >= 0.6 is 0 Å². The molecule has 114 valence electrons. The molecule has 0 aliphatic carbocycles. The largest absolute Gasteiger partial charge is 0.312 e. The molecule has 0 bridgehead atoms. The molecule has 1 aliphatic rings. The molecule has 0 aromatic carbocycles. The quantitative estimate of drug-likeness (QED) is 0.730. The van der Waals surface area contributed by atoms with E-state index in [1.54, 1.807) is 0 Å². The second kappa shape index (κ2) is 8.93. The number of piperidine rings is 1. The van der Waals surface area contributed by atoms with Crippen LogP contribution in [0.1, 0.15) is 53.4 Å². The van der Waals surface area contributed by atoms with Crippen LogP contribution in [0.5, 0.6) is 0 Å². The summed E-state index contributed by atoms with van der Waals surface area (Å²) in [5.41, 5.74) is 0. The summed E-state index contributed by atoms with van der Waals surface area (Å²) in [5.74, 6) is 0. The normalized spacial score (nSPS) is 21.8. The maximum absolute atomic E-state index is 3.71. The molecule has 0 aromatic rings. The van der Waals surface area contributed by atoms with Crippen molar-refractivity contribution in [1.29, 1.82) is 0 Å². The average Bonchev–Trinajstić information content (AvgIpc) is 2.47. The lowest BCUT2D eigenvalue weighted by atomic mass is 9.98. The van der Waals surface area contributed by atoms with Crippen molar-refractivity contribution in [2.45, 2.75) is 71.5 Å². The van der Waals surface area contributed by atoms with E-state index >= 15 is 0 Å². The van der Waals surface area contributed by atoms with Crippen LogP contribution in [0, 0.1) is 0 Å². The molecule has 2 atom stereocenters. The van der Waals surface area contributed by atoms with E-state index in [0.717, 1.165) is 12.6 Å². The lowest BCUT2D eigenvalue weighted by Gasteiger charge is -2.41. The molecule has 1 rings (SSSR count). The Balaban J connectivity index is 2.44. The summed E-state index contributed by atoms with van der Waals surface area (Å²) in [6.07, 6.45) is 5.11. The molecule has 3 nitrogen and oxygen atoms in total. The Hall–Kier alpha value is -0.120. The summed E-state index contributed by atoms with van der Waals surface area (Å²) in [6, 6.07) is 2.04. The maximum Gasteiger partial charge on any atom is 0.0220 e. The first-order chi connectivity index (χ1) is 9.13. The van der Waals surface area contributed by atoms with Gasteiger partial charge in [0.1, 0.15) is 0 Å². The van der Waals surface area contributed by atoms with Gasteiger partial charge >= 0.3 is 0 Å². The highest BCUT2D eigenvalue weighted by atomic mass is 15.2. The molecule has 0 amide bonds. The number of nitrogens with zero attached hydrogens (tertiary/aromatic N) is 2. The monoisotopic (exact) mass is 269 g/mol. The first-order valence-electron chi connectivity index (χ1n) is 8.31. The molecule has 0 saturated carbocycles. The zero-order chi connectivity index (χ0) is 14.3. The average molecular weight is 269 g/mol. The molecule has 2 unspecified atom stereocenters. The van der Waals surface area contributed by atoms with Crippen molar-refractivity contribution in [1.82, 2.24) is 15.1 Å². The molecule has 0 spiro atoms. The molecule has 1 aliphatic heterocycles. The molecule has 19 heavy (non-hydrogen) atoms. The SMILES string of the molecule is CCCNC(CC)C(C)N(C)C1CCN(CC)CC1. The van der Waals surface area contributed by atoms with Crippen LogP contribution < -0.4 is 5.32 Å². The summed E-state index contributed by atoms with van der Waals surface area (Å²) in [7, 11) is 2.33. The van der Waals surface area contributed by atoms with Gasteiger partial charge in [-0.05, 0) is 65.8 Å². The number of hydrogen-bond acceptors (Lipinski definition) is 3. The summed E-state index contributed by atoms with van der Waals surface area (Å²) >= 11 is 0. The lowest BCUT2D eigenvalue weighted by Crippen LogP contribution is -2.53. The van der Waals surface area contributed by atoms with Gasteiger partial charge in [0.25, 0.3) is 0 Å². The van der Waals surface area contributed by atoms with Gasteiger partial charge in [-0.15, -0.1) is 0 Å². The predicted molar refractivity (Wildman–Crippen MR) is 84.7 cm³/mol. The Bertz CT molecular complexity index is 224. The second-order valence-corrected chi connectivity index (χ2v) is 6.04. The van der Waals surface area contributed by atoms with Crippen molar-refractivity contribution in [3.05, 3.63) is 0 Å². The first-order valence-corrected chi connectivity index (χ1v) is 8.31. The molecule has 1 saturated heterocycles. The Morgan fingerprint density at radius 2 is 1.84 bits per heavy atom.